The number of anilines is 1. The molecular formula is C17H19N3O3S. The van der Waals surface area contributed by atoms with Gasteiger partial charge in [0.05, 0.1) is 12.1 Å². The molecule has 0 aliphatic heterocycles. The van der Waals surface area contributed by atoms with E-state index in [9.17, 15) is 14.4 Å². The summed E-state index contributed by atoms with van der Waals surface area (Å²) in [7, 11) is 0. The summed E-state index contributed by atoms with van der Waals surface area (Å²) in [4.78, 5) is 39.1. The molecule has 2 amide bonds. The van der Waals surface area contributed by atoms with Crippen LogP contribution in [-0.4, -0.2) is 22.6 Å². The van der Waals surface area contributed by atoms with Gasteiger partial charge in [0.2, 0.25) is 5.91 Å². The van der Waals surface area contributed by atoms with E-state index in [1.165, 1.54) is 0 Å². The van der Waals surface area contributed by atoms with Crippen molar-refractivity contribution < 1.29 is 14.4 Å². The van der Waals surface area contributed by atoms with E-state index in [0.717, 1.165) is 16.9 Å². The Hall–Kier alpha value is -2.54. The summed E-state index contributed by atoms with van der Waals surface area (Å²) in [5.74, 6) is -1.91. The fourth-order valence-electron chi connectivity index (χ4n) is 2.03. The number of aromatic nitrogens is 1. The quantitative estimate of drug-likeness (QED) is 0.641. The van der Waals surface area contributed by atoms with Gasteiger partial charge in [-0.25, -0.2) is 4.98 Å². The Morgan fingerprint density at radius 1 is 1.17 bits per heavy atom. The van der Waals surface area contributed by atoms with Crippen molar-refractivity contribution in [1.29, 1.82) is 0 Å². The summed E-state index contributed by atoms with van der Waals surface area (Å²) in [6, 6.07) is 6.97. The molecule has 0 unspecified atom stereocenters. The zero-order valence-electron chi connectivity index (χ0n) is 13.8. The molecule has 7 heteroatoms. The van der Waals surface area contributed by atoms with Crippen LogP contribution in [0.4, 0.5) is 5.13 Å². The predicted octanol–water partition coefficient (Wildman–Crippen LogP) is 2.29. The van der Waals surface area contributed by atoms with Crippen LogP contribution in [0, 0.1) is 0 Å². The maximum absolute atomic E-state index is 12.2. The lowest BCUT2D eigenvalue weighted by Crippen LogP contribution is -2.23. The van der Waals surface area contributed by atoms with Gasteiger partial charge in [0.1, 0.15) is 0 Å². The largest absolute Gasteiger partial charge is 0.369 e. The Labute approximate surface area is 144 Å². The Bertz CT molecular complexity index is 773. The van der Waals surface area contributed by atoms with Gasteiger partial charge in [-0.05, 0) is 11.0 Å². The van der Waals surface area contributed by atoms with Gasteiger partial charge in [-0.2, -0.15) is 0 Å². The highest BCUT2D eigenvalue weighted by atomic mass is 32.1. The second-order valence-electron chi connectivity index (χ2n) is 6.40. The molecule has 2 aromatic rings. The maximum Gasteiger partial charge on any atom is 0.298 e. The van der Waals surface area contributed by atoms with Crippen molar-refractivity contribution in [3.63, 3.8) is 0 Å². The first-order valence-corrected chi connectivity index (χ1v) is 8.23. The molecule has 0 bridgehead atoms. The number of nitrogens with zero attached hydrogens (tertiary/aromatic N) is 1. The third-order valence-corrected chi connectivity index (χ3v) is 4.15. The number of hydrogen-bond donors (Lipinski definition) is 2. The van der Waals surface area contributed by atoms with Crippen LogP contribution in [0.3, 0.4) is 0 Å². The Morgan fingerprint density at radius 3 is 2.33 bits per heavy atom. The van der Waals surface area contributed by atoms with Crippen LogP contribution in [0.15, 0.2) is 29.6 Å². The predicted molar refractivity (Wildman–Crippen MR) is 93.1 cm³/mol. The average Bonchev–Trinajstić information content (AvgIpc) is 2.92. The minimum Gasteiger partial charge on any atom is -0.369 e. The number of rotatable bonds is 5. The number of benzene rings is 1. The van der Waals surface area contributed by atoms with Gasteiger partial charge in [-0.15, -0.1) is 11.3 Å². The number of thiazole rings is 1. The number of carbonyl (C=O) groups excluding carboxylic acids is 3. The molecule has 2 rings (SSSR count). The highest BCUT2D eigenvalue weighted by molar-refractivity contribution is 7.14. The van der Waals surface area contributed by atoms with Crippen molar-refractivity contribution in [2.24, 2.45) is 5.73 Å². The number of nitrogens with one attached hydrogen (secondary N) is 1. The van der Waals surface area contributed by atoms with E-state index in [1.54, 1.807) is 17.5 Å². The van der Waals surface area contributed by atoms with Crippen LogP contribution in [0.1, 0.15) is 42.4 Å². The summed E-state index contributed by atoms with van der Waals surface area (Å²) in [5.41, 5.74) is 6.92. The molecule has 126 valence electrons. The van der Waals surface area contributed by atoms with E-state index in [-0.39, 0.29) is 17.0 Å². The van der Waals surface area contributed by atoms with E-state index >= 15 is 0 Å². The molecule has 6 nitrogen and oxygen atoms in total. The molecule has 0 aliphatic carbocycles. The first-order chi connectivity index (χ1) is 11.2. The number of carbonyl (C=O) groups is 3. The molecule has 1 heterocycles. The highest BCUT2D eigenvalue weighted by Gasteiger charge is 2.19. The lowest BCUT2D eigenvalue weighted by molar-refractivity contribution is -0.117. The Balaban J connectivity index is 2.05. The summed E-state index contributed by atoms with van der Waals surface area (Å²) in [6.45, 7) is 6.22. The molecule has 1 aromatic heterocycles. The average molecular weight is 345 g/mol. The summed E-state index contributed by atoms with van der Waals surface area (Å²) in [6.07, 6.45) is -0.00537. The number of primary amides is 1. The lowest BCUT2D eigenvalue weighted by Gasteiger charge is -2.18. The van der Waals surface area contributed by atoms with E-state index in [4.69, 9.17) is 5.73 Å². The molecule has 0 radical (unpaired) electrons. The first-order valence-electron chi connectivity index (χ1n) is 7.36. The third kappa shape index (κ3) is 4.48. The smallest absolute Gasteiger partial charge is 0.298 e. The van der Waals surface area contributed by atoms with Crippen molar-refractivity contribution in [2.75, 3.05) is 5.32 Å². The minimum absolute atomic E-state index is 0.00537. The standard InChI is InChI=1S/C17H19N3O3S/c1-17(2,3)11-6-4-10(5-7-11)14(22)15(23)20-16-19-12(9-24-16)8-13(18)21/h4-7,9H,8H2,1-3H3,(H2,18,21)(H,19,20,23). The van der Waals surface area contributed by atoms with Crippen LogP contribution >= 0.6 is 11.3 Å². The van der Waals surface area contributed by atoms with Crippen molar-refractivity contribution >= 4 is 34.1 Å². The van der Waals surface area contributed by atoms with E-state index in [0.29, 0.717) is 11.3 Å². The monoisotopic (exact) mass is 345 g/mol. The second kappa shape index (κ2) is 6.92. The molecule has 1 aromatic carbocycles. The van der Waals surface area contributed by atoms with Gasteiger partial charge in [0.15, 0.2) is 5.13 Å². The van der Waals surface area contributed by atoms with Gasteiger partial charge in [0.25, 0.3) is 11.7 Å². The van der Waals surface area contributed by atoms with E-state index < -0.39 is 17.6 Å². The highest BCUT2D eigenvalue weighted by Crippen LogP contribution is 2.22. The van der Waals surface area contributed by atoms with Gasteiger partial charge >= 0.3 is 0 Å². The number of amides is 2. The summed E-state index contributed by atoms with van der Waals surface area (Å²) < 4.78 is 0. The molecule has 24 heavy (non-hydrogen) atoms. The van der Waals surface area contributed by atoms with Crippen molar-refractivity contribution in [2.45, 2.75) is 32.6 Å². The molecule has 0 fully saturated rings. The summed E-state index contributed by atoms with van der Waals surface area (Å²) >= 11 is 1.14. The number of hydrogen-bond acceptors (Lipinski definition) is 5. The molecule has 0 spiro atoms. The molecule has 0 saturated carbocycles. The Morgan fingerprint density at radius 2 is 1.79 bits per heavy atom. The number of Topliss-reactive ketones (excluding diaryl/α,β-unsaturated/α-hetero) is 1. The maximum atomic E-state index is 12.2. The van der Waals surface area contributed by atoms with Crippen LogP contribution in [0.25, 0.3) is 0 Å². The van der Waals surface area contributed by atoms with E-state index in [2.05, 4.69) is 31.1 Å². The van der Waals surface area contributed by atoms with Gasteiger partial charge in [-0.1, -0.05) is 45.0 Å². The molecule has 0 atom stereocenters. The number of ketones is 1. The Kier molecular flexibility index (Phi) is 5.14. The lowest BCUT2D eigenvalue weighted by atomic mass is 9.86. The fraction of sp³-hybridized carbons (Fsp3) is 0.294. The van der Waals surface area contributed by atoms with E-state index in [1.807, 2.05) is 12.1 Å². The zero-order valence-corrected chi connectivity index (χ0v) is 14.6. The zero-order chi connectivity index (χ0) is 17.9. The van der Waals surface area contributed by atoms with Gasteiger partial charge in [0, 0.05) is 10.9 Å². The van der Waals surface area contributed by atoms with Crippen molar-refractivity contribution in [1.82, 2.24) is 4.98 Å². The van der Waals surface area contributed by atoms with Crippen molar-refractivity contribution in [3.05, 3.63) is 46.5 Å². The third-order valence-electron chi connectivity index (χ3n) is 3.35. The topological polar surface area (TPSA) is 102 Å². The van der Waals surface area contributed by atoms with Crippen LogP contribution in [0.2, 0.25) is 0 Å². The minimum atomic E-state index is -0.765. The molecule has 0 saturated heterocycles. The van der Waals surface area contributed by atoms with Crippen LogP contribution in [-0.2, 0) is 21.4 Å². The second-order valence-corrected chi connectivity index (χ2v) is 7.26. The van der Waals surface area contributed by atoms with Crippen LogP contribution in [0.5, 0.6) is 0 Å². The SMILES string of the molecule is CC(C)(C)c1ccc(C(=O)C(=O)Nc2nc(CC(N)=O)cs2)cc1. The normalized spacial score (nSPS) is 11.1. The molecule has 0 aliphatic rings. The number of nitrogens with two attached hydrogens (primary N) is 1. The molecule has 3 N–H and O–H groups in total. The van der Waals surface area contributed by atoms with Crippen LogP contribution < -0.4 is 11.1 Å². The van der Waals surface area contributed by atoms with Crippen molar-refractivity contribution in [3.8, 4) is 0 Å². The van der Waals surface area contributed by atoms with Gasteiger partial charge in [-0.3, -0.25) is 19.7 Å². The first kappa shape index (κ1) is 17.8. The molecular weight excluding hydrogens is 326 g/mol. The fourth-order valence-corrected chi connectivity index (χ4v) is 2.74. The summed E-state index contributed by atoms with van der Waals surface area (Å²) in [5, 5.41) is 4.32. The van der Waals surface area contributed by atoms with Gasteiger partial charge < -0.3 is 5.73 Å².